The van der Waals surface area contributed by atoms with E-state index in [-0.39, 0.29) is 10.1 Å². The van der Waals surface area contributed by atoms with Gasteiger partial charge in [0.25, 0.3) is 5.91 Å². The highest BCUT2D eigenvalue weighted by molar-refractivity contribution is 7.91. The Labute approximate surface area is 130 Å². The number of rotatable bonds is 5. The van der Waals surface area contributed by atoms with Crippen LogP contribution in [0.4, 0.5) is 0 Å². The molecule has 0 saturated heterocycles. The van der Waals surface area contributed by atoms with E-state index in [1.54, 1.807) is 0 Å². The van der Waals surface area contributed by atoms with Crippen molar-refractivity contribution in [2.45, 2.75) is 43.2 Å². The van der Waals surface area contributed by atoms with Crippen LogP contribution in [0.25, 0.3) is 0 Å². The minimum absolute atomic E-state index is 0.0242. The van der Waals surface area contributed by atoms with Crippen molar-refractivity contribution in [2.24, 2.45) is 17.0 Å². The number of hydrogen-bond acceptors (Lipinski definition) is 4. The van der Waals surface area contributed by atoms with Crippen LogP contribution in [0.5, 0.6) is 0 Å². The van der Waals surface area contributed by atoms with Gasteiger partial charge >= 0.3 is 0 Å². The fourth-order valence-electron chi connectivity index (χ4n) is 2.77. The monoisotopic (exact) mass is 330 g/mol. The first kappa shape index (κ1) is 16.5. The minimum Gasteiger partial charge on any atom is -0.352 e. The molecule has 0 unspecified atom stereocenters. The van der Waals surface area contributed by atoms with Crippen LogP contribution in [0.15, 0.2) is 15.7 Å². The average molecular weight is 330 g/mol. The van der Waals surface area contributed by atoms with Gasteiger partial charge < -0.3 is 5.32 Å². The number of amides is 1. The summed E-state index contributed by atoms with van der Waals surface area (Å²) in [4.78, 5) is 12.0. The second-order valence-electron chi connectivity index (χ2n) is 5.70. The molecular weight excluding hydrogens is 308 g/mol. The minimum atomic E-state index is -3.72. The Kier molecular flexibility index (Phi) is 5.40. The molecule has 2 rings (SSSR count). The molecule has 1 aliphatic carbocycles. The summed E-state index contributed by atoms with van der Waals surface area (Å²) in [5.41, 5.74) is 0.367. The van der Waals surface area contributed by atoms with Crippen molar-refractivity contribution in [3.8, 4) is 0 Å². The molecule has 118 valence electrons. The molecule has 21 heavy (non-hydrogen) atoms. The third kappa shape index (κ3) is 4.52. The lowest BCUT2D eigenvalue weighted by Crippen LogP contribution is -2.31. The number of primary sulfonamides is 1. The molecule has 1 saturated carbocycles. The number of nitrogens with two attached hydrogens (primary N) is 1. The second-order valence-corrected chi connectivity index (χ2v) is 8.40. The van der Waals surface area contributed by atoms with Crippen LogP contribution in [0.1, 0.15) is 49.4 Å². The zero-order valence-corrected chi connectivity index (χ0v) is 13.8. The van der Waals surface area contributed by atoms with E-state index in [0.717, 1.165) is 30.1 Å². The number of nitrogens with one attached hydrogen (secondary N) is 1. The van der Waals surface area contributed by atoms with E-state index < -0.39 is 10.0 Å². The number of carbonyl (C=O) groups is 1. The van der Waals surface area contributed by atoms with Gasteiger partial charge in [-0.2, -0.15) is 0 Å². The van der Waals surface area contributed by atoms with E-state index in [1.165, 1.54) is 30.7 Å². The van der Waals surface area contributed by atoms with Crippen molar-refractivity contribution in [3.63, 3.8) is 0 Å². The van der Waals surface area contributed by atoms with Crippen LogP contribution in [0.2, 0.25) is 0 Å². The van der Waals surface area contributed by atoms with E-state index in [9.17, 15) is 13.2 Å². The molecule has 1 aromatic rings. The Balaban J connectivity index is 1.84. The van der Waals surface area contributed by atoms with Crippen LogP contribution < -0.4 is 10.5 Å². The Bertz CT molecular complexity index is 587. The normalized spacial score (nSPS) is 23.0. The van der Waals surface area contributed by atoms with Crippen LogP contribution in [-0.2, 0) is 10.0 Å². The molecule has 0 bridgehead atoms. The molecule has 0 radical (unpaired) electrons. The predicted molar refractivity (Wildman–Crippen MR) is 83.8 cm³/mol. The summed E-state index contributed by atoms with van der Waals surface area (Å²) in [7, 11) is -3.72. The largest absolute Gasteiger partial charge is 0.352 e. The lowest BCUT2D eigenvalue weighted by molar-refractivity contribution is 0.0941. The molecule has 1 aromatic heterocycles. The molecule has 0 aromatic carbocycles. The number of hydrogen-bond donors (Lipinski definition) is 2. The highest BCUT2D eigenvalue weighted by Gasteiger charge is 2.21. The summed E-state index contributed by atoms with van der Waals surface area (Å²) < 4.78 is 22.4. The first-order valence-electron chi connectivity index (χ1n) is 7.29. The molecule has 1 fully saturated rings. The molecule has 1 heterocycles. The van der Waals surface area contributed by atoms with Gasteiger partial charge in [-0.3, -0.25) is 4.79 Å². The van der Waals surface area contributed by atoms with Gasteiger partial charge in [0.1, 0.15) is 4.21 Å². The standard InChI is InChI=1S/C14H22N2O3S2/c1-2-10-3-5-11(6-4-10)8-16-14(17)12-7-13(20-9-12)21(15,18)19/h7,9-11H,2-6,8H2,1H3,(H,16,17)(H2,15,18,19). The third-order valence-corrected chi connectivity index (χ3v) is 6.60. The van der Waals surface area contributed by atoms with E-state index in [0.29, 0.717) is 18.0 Å². The smallest absolute Gasteiger partial charge is 0.252 e. The Hall–Kier alpha value is -0.920. The first-order chi connectivity index (χ1) is 9.90. The Morgan fingerprint density at radius 2 is 1.95 bits per heavy atom. The van der Waals surface area contributed by atoms with Crippen LogP contribution >= 0.6 is 11.3 Å². The zero-order chi connectivity index (χ0) is 15.5. The molecule has 1 aliphatic rings. The first-order valence-corrected chi connectivity index (χ1v) is 9.72. The number of carbonyl (C=O) groups excluding carboxylic acids is 1. The van der Waals surface area contributed by atoms with Gasteiger partial charge in [0.15, 0.2) is 0 Å². The number of thiophene rings is 1. The summed E-state index contributed by atoms with van der Waals surface area (Å²) in [6, 6.07) is 1.34. The van der Waals surface area contributed by atoms with Crippen molar-refractivity contribution < 1.29 is 13.2 Å². The van der Waals surface area contributed by atoms with Gasteiger partial charge in [0.05, 0.1) is 5.56 Å². The molecule has 7 heteroatoms. The van der Waals surface area contributed by atoms with E-state index >= 15 is 0 Å². The molecule has 0 spiro atoms. The third-order valence-electron chi connectivity index (χ3n) is 4.21. The molecule has 0 aliphatic heterocycles. The Morgan fingerprint density at radius 1 is 1.33 bits per heavy atom. The van der Waals surface area contributed by atoms with Crippen molar-refractivity contribution in [1.29, 1.82) is 0 Å². The average Bonchev–Trinajstić information content (AvgIpc) is 2.95. The lowest BCUT2D eigenvalue weighted by Gasteiger charge is -2.27. The van der Waals surface area contributed by atoms with Crippen molar-refractivity contribution in [2.75, 3.05) is 6.54 Å². The predicted octanol–water partition coefficient (Wildman–Crippen LogP) is 2.34. The van der Waals surface area contributed by atoms with E-state index in [4.69, 9.17) is 5.14 Å². The van der Waals surface area contributed by atoms with Crippen molar-refractivity contribution in [1.82, 2.24) is 5.32 Å². The Morgan fingerprint density at radius 3 is 2.48 bits per heavy atom. The molecule has 5 nitrogen and oxygen atoms in total. The summed E-state index contributed by atoms with van der Waals surface area (Å²) >= 11 is 0.976. The van der Waals surface area contributed by atoms with Gasteiger partial charge in [0.2, 0.25) is 10.0 Å². The number of sulfonamides is 1. The van der Waals surface area contributed by atoms with Crippen LogP contribution in [0, 0.1) is 11.8 Å². The molecule has 3 N–H and O–H groups in total. The van der Waals surface area contributed by atoms with Crippen LogP contribution in [0.3, 0.4) is 0 Å². The summed E-state index contributed by atoms with van der Waals surface area (Å²) in [6.07, 6.45) is 6.04. The summed E-state index contributed by atoms with van der Waals surface area (Å²) in [5.74, 6) is 1.15. The molecule has 0 atom stereocenters. The summed E-state index contributed by atoms with van der Waals surface area (Å²) in [6.45, 7) is 2.89. The van der Waals surface area contributed by atoms with Gasteiger partial charge in [0, 0.05) is 11.9 Å². The highest BCUT2D eigenvalue weighted by atomic mass is 32.2. The van der Waals surface area contributed by atoms with E-state index in [2.05, 4.69) is 12.2 Å². The quantitative estimate of drug-likeness (QED) is 0.868. The van der Waals surface area contributed by atoms with E-state index in [1.807, 2.05) is 0 Å². The van der Waals surface area contributed by atoms with Gasteiger partial charge in [-0.25, -0.2) is 13.6 Å². The van der Waals surface area contributed by atoms with Gasteiger partial charge in [-0.15, -0.1) is 11.3 Å². The highest BCUT2D eigenvalue weighted by Crippen LogP contribution is 2.30. The fourth-order valence-corrected chi connectivity index (χ4v) is 4.35. The maximum Gasteiger partial charge on any atom is 0.252 e. The van der Waals surface area contributed by atoms with Crippen molar-refractivity contribution >= 4 is 27.3 Å². The SMILES string of the molecule is CCC1CCC(CNC(=O)c2csc(S(N)(=O)=O)c2)CC1. The van der Waals surface area contributed by atoms with Crippen LogP contribution in [-0.4, -0.2) is 20.9 Å². The molecular formula is C14H22N2O3S2. The van der Waals surface area contributed by atoms with Gasteiger partial charge in [-0.05, 0) is 30.7 Å². The maximum atomic E-state index is 12.0. The topological polar surface area (TPSA) is 89.3 Å². The second kappa shape index (κ2) is 6.89. The maximum absolute atomic E-state index is 12.0. The lowest BCUT2D eigenvalue weighted by atomic mass is 9.81. The molecule has 1 amide bonds. The fraction of sp³-hybridized carbons (Fsp3) is 0.643. The summed E-state index contributed by atoms with van der Waals surface area (Å²) in [5, 5.41) is 9.47. The van der Waals surface area contributed by atoms with Crippen molar-refractivity contribution in [3.05, 3.63) is 17.0 Å². The zero-order valence-electron chi connectivity index (χ0n) is 12.2. The van der Waals surface area contributed by atoms with Gasteiger partial charge in [-0.1, -0.05) is 26.2 Å².